The zero-order valence-corrected chi connectivity index (χ0v) is 21.2. The quantitative estimate of drug-likeness (QED) is 0.409. The summed E-state index contributed by atoms with van der Waals surface area (Å²) in [5.41, 5.74) is -1.23. The van der Waals surface area contributed by atoms with Crippen LogP contribution in [0.4, 0.5) is 31.1 Å². The summed E-state index contributed by atoms with van der Waals surface area (Å²) in [5.74, 6) is -6.49. The van der Waals surface area contributed by atoms with E-state index < -0.39 is 66.1 Å². The Hall–Kier alpha value is -3.85. The van der Waals surface area contributed by atoms with Crippen LogP contribution in [-0.2, 0) is 40.1 Å². The molecule has 1 aromatic carbocycles. The van der Waals surface area contributed by atoms with Crippen molar-refractivity contribution in [3.05, 3.63) is 46.8 Å². The zero-order valence-electron chi connectivity index (χ0n) is 21.2. The lowest BCUT2D eigenvalue weighted by molar-refractivity contribution is -0.148. The summed E-state index contributed by atoms with van der Waals surface area (Å²) in [5, 5.41) is 8.88. The Labute approximate surface area is 218 Å². The van der Waals surface area contributed by atoms with Gasteiger partial charge in [-0.1, -0.05) is 0 Å². The molecular weight excluding hydrogens is 538 g/mol. The van der Waals surface area contributed by atoms with Crippen molar-refractivity contribution in [3.63, 3.8) is 0 Å². The average molecular weight is 564 g/mol. The van der Waals surface area contributed by atoms with E-state index in [0.29, 0.717) is 12.1 Å². The second-order valence-corrected chi connectivity index (χ2v) is 9.68. The molecule has 1 aromatic heterocycles. The molecular formula is C23H26F6N6O4. The van der Waals surface area contributed by atoms with E-state index in [1.807, 2.05) is 0 Å². The van der Waals surface area contributed by atoms with E-state index in [2.05, 4.69) is 15.5 Å². The number of alkyl carbamates (subject to hydrolysis) is 1. The molecule has 1 aliphatic heterocycles. The SMILES string of the molecule is CC(C)(C)OC(=O)NCC(=O)N(CCC(=O)N1CCn2c(nnc2C(F)(F)F)C1)Cc1cc(F)c(F)cc1F. The molecule has 3 amide bonds. The van der Waals surface area contributed by atoms with E-state index in [-0.39, 0.29) is 44.0 Å². The molecule has 2 aromatic rings. The molecule has 16 heteroatoms. The molecule has 39 heavy (non-hydrogen) atoms. The van der Waals surface area contributed by atoms with Gasteiger partial charge in [0, 0.05) is 44.2 Å². The van der Waals surface area contributed by atoms with Gasteiger partial charge >= 0.3 is 12.3 Å². The van der Waals surface area contributed by atoms with Gasteiger partial charge < -0.3 is 24.4 Å². The van der Waals surface area contributed by atoms with Crippen molar-refractivity contribution in [1.82, 2.24) is 29.9 Å². The van der Waals surface area contributed by atoms with Crippen LogP contribution in [0.15, 0.2) is 12.1 Å². The molecule has 214 valence electrons. The lowest BCUT2D eigenvalue weighted by atomic mass is 10.1. The number of carbonyl (C=O) groups is 3. The number of rotatable bonds is 7. The first kappa shape index (κ1) is 29.7. The first-order valence-corrected chi connectivity index (χ1v) is 11.7. The van der Waals surface area contributed by atoms with Crippen molar-refractivity contribution in [3.8, 4) is 0 Å². The molecule has 0 aliphatic carbocycles. The number of ether oxygens (including phenoxy) is 1. The second kappa shape index (κ2) is 11.5. The van der Waals surface area contributed by atoms with Gasteiger partial charge in [0.15, 0.2) is 17.5 Å². The van der Waals surface area contributed by atoms with Crippen LogP contribution >= 0.6 is 0 Å². The highest BCUT2D eigenvalue weighted by Crippen LogP contribution is 2.29. The Kier molecular flexibility index (Phi) is 8.75. The van der Waals surface area contributed by atoms with Crippen molar-refractivity contribution in [2.45, 2.75) is 58.6 Å². The minimum Gasteiger partial charge on any atom is -0.444 e. The number of amides is 3. The van der Waals surface area contributed by atoms with Crippen LogP contribution in [-0.4, -0.2) is 67.7 Å². The second-order valence-electron chi connectivity index (χ2n) is 9.68. The normalized spacial score (nSPS) is 13.6. The Morgan fingerprint density at radius 1 is 1.03 bits per heavy atom. The monoisotopic (exact) mass is 564 g/mol. The maximum absolute atomic E-state index is 14.3. The molecule has 0 saturated carbocycles. The van der Waals surface area contributed by atoms with Crippen LogP contribution in [0.1, 0.15) is 44.4 Å². The van der Waals surface area contributed by atoms with E-state index in [1.165, 1.54) is 4.90 Å². The standard InChI is InChI=1S/C23H26F6N6O4/c1-22(2,3)39-21(38)30-10-19(37)33(11-13-8-15(25)16(26)9-14(13)24)5-4-18(36)34-6-7-35-17(12-34)31-32-20(35)23(27,28)29/h8-9H,4-7,10-12H2,1-3H3,(H,30,38). The van der Waals surface area contributed by atoms with Crippen molar-refractivity contribution < 1.29 is 45.5 Å². The fourth-order valence-electron chi connectivity index (χ4n) is 3.73. The number of hydrogen-bond donors (Lipinski definition) is 1. The molecule has 2 heterocycles. The van der Waals surface area contributed by atoms with Gasteiger partial charge in [0.05, 0.1) is 6.54 Å². The van der Waals surface area contributed by atoms with Gasteiger partial charge in [-0.3, -0.25) is 9.59 Å². The Morgan fingerprint density at radius 3 is 2.33 bits per heavy atom. The molecule has 0 saturated heterocycles. The molecule has 10 nitrogen and oxygen atoms in total. The third-order valence-corrected chi connectivity index (χ3v) is 5.54. The maximum Gasteiger partial charge on any atom is 0.451 e. The minimum absolute atomic E-state index is 0.0692. The van der Waals surface area contributed by atoms with Crippen LogP contribution in [0.2, 0.25) is 0 Å². The highest BCUT2D eigenvalue weighted by Gasteiger charge is 2.40. The predicted octanol–water partition coefficient (Wildman–Crippen LogP) is 3.00. The molecule has 0 fully saturated rings. The van der Waals surface area contributed by atoms with Crippen LogP contribution < -0.4 is 5.32 Å². The number of nitrogens with one attached hydrogen (secondary N) is 1. The molecule has 0 bridgehead atoms. The van der Waals surface area contributed by atoms with Crippen LogP contribution in [0, 0.1) is 17.5 Å². The van der Waals surface area contributed by atoms with Gasteiger partial charge in [-0.2, -0.15) is 13.2 Å². The topological polar surface area (TPSA) is 110 Å². The predicted molar refractivity (Wildman–Crippen MR) is 121 cm³/mol. The van der Waals surface area contributed by atoms with Gasteiger partial charge in [-0.25, -0.2) is 18.0 Å². The maximum atomic E-state index is 14.3. The van der Waals surface area contributed by atoms with Gasteiger partial charge in [-0.15, -0.1) is 10.2 Å². The molecule has 0 atom stereocenters. The van der Waals surface area contributed by atoms with Crippen LogP contribution in [0.5, 0.6) is 0 Å². The molecule has 0 unspecified atom stereocenters. The lowest BCUT2D eigenvalue weighted by Crippen LogP contribution is -2.44. The Morgan fingerprint density at radius 2 is 1.69 bits per heavy atom. The number of fused-ring (bicyclic) bond motifs is 1. The van der Waals surface area contributed by atoms with Gasteiger partial charge in [-0.05, 0) is 26.8 Å². The molecule has 0 spiro atoms. The van der Waals surface area contributed by atoms with E-state index in [9.17, 15) is 40.7 Å². The van der Waals surface area contributed by atoms with E-state index in [1.54, 1.807) is 20.8 Å². The third kappa shape index (κ3) is 7.83. The molecule has 1 N–H and O–H groups in total. The largest absolute Gasteiger partial charge is 0.451 e. The van der Waals surface area contributed by atoms with Crippen molar-refractivity contribution in [2.24, 2.45) is 0 Å². The van der Waals surface area contributed by atoms with Gasteiger partial charge in [0.1, 0.15) is 18.0 Å². The number of carbonyl (C=O) groups excluding carboxylic acids is 3. The average Bonchev–Trinajstić information content (AvgIpc) is 3.26. The number of hydrogen-bond acceptors (Lipinski definition) is 6. The Balaban J connectivity index is 1.69. The highest BCUT2D eigenvalue weighted by atomic mass is 19.4. The molecule has 0 radical (unpaired) electrons. The first-order chi connectivity index (χ1) is 18.0. The smallest absolute Gasteiger partial charge is 0.444 e. The van der Waals surface area contributed by atoms with Crippen LogP contribution in [0.3, 0.4) is 0 Å². The zero-order chi connectivity index (χ0) is 29.1. The summed E-state index contributed by atoms with van der Waals surface area (Å²) in [4.78, 5) is 39.8. The summed E-state index contributed by atoms with van der Waals surface area (Å²) >= 11 is 0. The van der Waals surface area contributed by atoms with E-state index >= 15 is 0 Å². The van der Waals surface area contributed by atoms with E-state index in [4.69, 9.17) is 4.74 Å². The fraction of sp³-hybridized carbons (Fsp3) is 0.522. The third-order valence-electron chi connectivity index (χ3n) is 5.54. The first-order valence-electron chi connectivity index (χ1n) is 11.7. The summed E-state index contributed by atoms with van der Waals surface area (Å²) in [6, 6.07) is 0.889. The summed E-state index contributed by atoms with van der Waals surface area (Å²) in [7, 11) is 0. The van der Waals surface area contributed by atoms with Crippen LogP contribution in [0.25, 0.3) is 0 Å². The minimum atomic E-state index is -4.71. The van der Waals surface area contributed by atoms with Gasteiger partial charge in [0.2, 0.25) is 17.6 Å². The summed E-state index contributed by atoms with van der Waals surface area (Å²) in [6.07, 6.45) is -5.97. The van der Waals surface area contributed by atoms with Crippen molar-refractivity contribution in [2.75, 3.05) is 19.6 Å². The number of alkyl halides is 3. The molecule has 1 aliphatic rings. The highest BCUT2D eigenvalue weighted by molar-refractivity contribution is 5.83. The Bertz CT molecular complexity index is 1240. The summed E-state index contributed by atoms with van der Waals surface area (Å²) < 4.78 is 86.4. The lowest BCUT2D eigenvalue weighted by Gasteiger charge is -2.29. The number of halogens is 6. The summed E-state index contributed by atoms with van der Waals surface area (Å²) in [6.45, 7) is 2.76. The van der Waals surface area contributed by atoms with Crippen molar-refractivity contribution in [1.29, 1.82) is 0 Å². The fourth-order valence-corrected chi connectivity index (χ4v) is 3.73. The number of nitrogens with zero attached hydrogens (tertiary/aromatic N) is 5. The number of benzene rings is 1. The van der Waals surface area contributed by atoms with E-state index in [0.717, 1.165) is 9.47 Å². The number of aromatic nitrogens is 3. The van der Waals surface area contributed by atoms with Gasteiger partial charge in [0.25, 0.3) is 0 Å². The molecule has 3 rings (SSSR count). The van der Waals surface area contributed by atoms with Crippen molar-refractivity contribution >= 4 is 17.9 Å².